The maximum absolute atomic E-state index is 12.4. The van der Waals surface area contributed by atoms with Gasteiger partial charge in [-0.25, -0.2) is 14.5 Å². The van der Waals surface area contributed by atoms with Crippen molar-refractivity contribution in [3.05, 3.63) is 35.9 Å². The lowest BCUT2D eigenvalue weighted by Crippen LogP contribution is -2.48. The van der Waals surface area contributed by atoms with Crippen LogP contribution in [0.4, 0.5) is 4.79 Å². The van der Waals surface area contributed by atoms with Gasteiger partial charge in [-0.3, -0.25) is 19.3 Å². The number of hydrogen-bond donors (Lipinski definition) is 1. The summed E-state index contributed by atoms with van der Waals surface area (Å²) in [6.07, 6.45) is 0.180. The number of esters is 1. The third-order valence-electron chi connectivity index (χ3n) is 4.09. The minimum absolute atomic E-state index is 0.0240. The fraction of sp³-hybridized carbons (Fsp3) is 0.421. The number of carbonyl (C=O) groups is 5. The van der Waals surface area contributed by atoms with Gasteiger partial charge in [0.05, 0.1) is 7.11 Å². The third-order valence-corrected chi connectivity index (χ3v) is 4.09. The van der Waals surface area contributed by atoms with Crippen LogP contribution < -0.4 is 5.32 Å². The van der Waals surface area contributed by atoms with E-state index in [1.807, 2.05) is 6.07 Å². The smallest absolute Gasteiger partial charge is 0.334 e. The summed E-state index contributed by atoms with van der Waals surface area (Å²) < 4.78 is 4.71. The van der Waals surface area contributed by atoms with E-state index in [0.29, 0.717) is 4.90 Å². The Labute approximate surface area is 162 Å². The lowest BCUT2D eigenvalue weighted by molar-refractivity contribution is -0.146. The van der Waals surface area contributed by atoms with Gasteiger partial charge in [0.2, 0.25) is 5.91 Å². The molecule has 1 aromatic rings. The molecule has 1 aliphatic heterocycles. The van der Waals surface area contributed by atoms with E-state index < -0.39 is 42.3 Å². The highest BCUT2D eigenvalue weighted by atomic mass is 16.5. The molecule has 5 amide bonds. The lowest BCUT2D eigenvalue weighted by atomic mass is 10.1. The minimum atomic E-state index is -1.06. The maximum atomic E-state index is 12.4. The SMILES string of the molecule is COC(=O)[C@H](Cc1ccccc1)NC(=O)CN1C(=O)C(=O)N(CC(C)C)C1=O. The van der Waals surface area contributed by atoms with Gasteiger partial charge in [0.1, 0.15) is 12.6 Å². The van der Waals surface area contributed by atoms with Crippen molar-refractivity contribution in [2.75, 3.05) is 20.2 Å². The number of ether oxygens (including phenoxy) is 1. The molecule has 1 aromatic carbocycles. The molecule has 2 rings (SSSR count). The van der Waals surface area contributed by atoms with Gasteiger partial charge in [-0.1, -0.05) is 44.2 Å². The summed E-state index contributed by atoms with van der Waals surface area (Å²) >= 11 is 0. The summed E-state index contributed by atoms with van der Waals surface area (Å²) in [6, 6.07) is 7.16. The number of urea groups is 1. The zero-order valence-electron chi connectivity index (χ0n) is 16.0. The van der Waals surface area contributed by atoms with Crippen molar-refractivity contribution >= 4 is 29.7 Å². The van der Waals surface area contributed by atoms with Crippen LogP contribution in [0.25, 0.3) is 0 Å². The van der Waals surface area contributed by atoms with Crippen LogP contribution in [0.3, 0.4) is 0 Å². The first-order valence-corrected chi connectivity index (χ1v) is 8.83. The van der Waals surface area contributed by atoms with Crippen LogP contribution >= 0.6 is 0 Å². The quantitative estimate of drug-likeness (QED) is 0.390. The van der Waals surface area contributed by atoms with E-state index in [-0.39, 0.29) is 18.9 Å². The molecule has 0 aliphatic carbocycles. The summed E-state index contributed by atoms with van der Waals surface area (Å²) in [5, 5.41) is 2.47. The molecule has 1 saturated heterocycles. The van der Waals surface area contributed by atoms with E-state index in [1.165, 1.54) is 7.11 Å². The van der Waals surface area contributed by atoms with E-state index in [0.717, 1.165) is 10.5 Å². The molecule has 1 N–H and O–H groups in total. The largest absolute Gasteiger partial charge is 0.467 e. The highest BCUT2D eigenvalue weighted by Gasteiger charge is 2.45. The van der Waals surface area contributed by atoms with Crippen LogP contribution in [0, 0.1) is 5.92 Å². The topological polar surface area (TPSA) is 113 Å². The number of nitrogens with one attached hydrogen (secondary N) is 1. The fourth-order valence-electron chi connectivity index (χ4n) is 2.78. The van der Waals surface area contributed by atoms with Gasteiger partial charge in [-0.15, -0.1) is 0 Å². The van der Waals surface area contributed by atoms with Crippen molar-refractivity contribution in [3.8, 4) is 0 Å². The van der Waals surface area contributed by atoms with Crippen molar-refractivity contribution in [1.82, 2.24) is 15.1 Å². The first kappa shape index (κ1) is 21.1. The van der Waals surface area contributed by atoms with E-state index in [2.05, 4.69) is 5.32 Å². The van der Waals surface area contributed by atoms with Crippen LogP contribution in [0.15, 0.2) is 30.3 Å². The number of methoxy groups -OCH3 is 1. The molecule has 9 heteroatoms. The van der Waals surface area contributed by atoms with Crippen molar-refractivity contribution in [2.45, 2.75) is 26.3 Å². The average Bonchev–Trinajstić information content (AvgIpc) is 2.85. The number of benzene rings is 1. The predicted molar refractivity (Wildman–Crippen MR) is 97.8 cm³/mol. The summed E-state index contributed by atoms with van der Waals surface area (Å²) in [5.74, 6) is -3.44. The Balaban J connectivity index is 2.05. The Morgan fingerprint density at radius 3 is 2.21 bits per heavy atom. The van der Waals surface area contributed by atoms with Gasteiger partial charge in [0.25, 0.3) is 0 Å². The lowest BCUT2D eigenvalue weighted by Gasteiger charge is -2.19. The van der Waals surface area contributed by atoms with Crippen LogP contribution in [-0.2, 0) is 30.3 Å². The Bertz CT molecular complexity index is 777. The van der Waals surface area contributed by atoms with Crippen molar-refractivity contribution in [1.29, 1.82) is 0 Å². The Morgan fingerprint density at radius 2 is 1.64 bits per heavy atom. The van der Waals surface area contributed by atoms with Crippen molar-refractivity contribution < 1.29 is 28.7 Å². The van der Waals surface area contributed by atoms with Gasteiger partial charge in [-0.2, -0.15) is 0 Å². The van der Waals surface area contributed by atoms with Gasteiger partial charge >= 0.3 is 23.8 Å². The third kappa shape index (κ3) is 4.93. The molecule has 1 aliphatic rings. The fourth-order valence-corrected chi connectivity index (χ4v) is 2.78. The number of carbonyl (C=O) groups excluding carboxylic acids is 5. The second kappa shape index (κ2) is 9.12. The first-order chi connectivity index (χ1) is 13.2. The van der Waals surface area contributed by atoms with Crippen molar-refractivity contribution in [3.63, 3.8) is 0 Å². The second-order valence-electron chi connectivity index (χ2n) is 6.82. The van der Waals surface area contributed by atoms with E-state index in [9.17, 15) is 24.0 Å². The van der Waals surface area contributed by atoms with Gasteiger partial charge < -0.3 is 10.1 Å². The molecule has 1 atom stereocenters. The Hall–Kier alpha value is -3.23. The molecular weight excluding hydrogens is 366 g/mol. The number of hydrogen-bond acceptors (Lipinski definition) is 6. The molecule has 0 saturated carbocycles. The number of imide groups is 2. The molecule has 0 spiro atoms. The zero-order chi connectivity index (χ0) is 20.8. The number of nitrogens with zero attached hydrogens (tertiary/aromatic N) is 2. The first-order valence-electron chi connectivity index (χ1n) is 8.83. The zero-order valence-corrected chi connectivity index (χ0v) is 16.0. The van der Waals surface area contributed by atoms with E-state index >= 15 is 0 Å². The molecule has 9 nitrogen and oxygen atoms in total. The highest BCUT2D eigenvalue weighted by molar-refractivity contribution is 6.45. The molecule has 1 heterocycles. The normalized spacial score (nSPS) is 15.2. The number of amides is 5. The van der Waals surface area contributed by atoms with Crippen LogP contribution in [0.5, 0.6) is 0 Å². The van der Waals surface area contributed by atoms with Crippen LogP contribution in [0.2, 0.25) is 0 Å². The molecule has 0 radical (unpaired) electrons. The van der Waals surface area contributed by atoms with Gasteiger partial charge in [-0.05, 0) is 11.5 Å². The Kier molecular flexibility index (Phi) is 6.86. The number of rotatable bonds is 8. The van der Waals surface area contributed by atoms with Crippen LogP contribution in [0.1, 0.15) is 19.4 Å². The summed E-state index contributed by atoms with van der Waals surface area (Å²) in [7, 11) is 1.20. The van der Waals surface area contributed by atoms with Crippen molar-refractivity contribution in [2.24, 2.45) is 5.92 Å². The monoisotopic (exact) mass is 389 g/mol. The molecule has 150 valence electrons. The minimum Gasteiger partial charge on any atom is -0.467 e. The summed E-state index contributed by atoms with van der Waals surface area (Å²) in [4.78, 5) is 62.1. The summed E-state index contributed by atoms with van der Waals surface area (Å²) in [6.45, 7) is 3.02. The van der Waals surface area contributed by atoms with E-state index in [1.54, 1.807) is 38.1 Å². The molecule has 1 fully saturated rings. The summed E-state index contributed by atoms with van der Waals surface area (Å²) in [5.41, 5.74) is 0.796. The highest BCUT2D eigenvalue weighted by Crippen LogP contribution is 2.14. The van der Waals surface area contributed by atoms with E-state index in [4.69, 9.17) is 4.74 Å². The van der Waals surface area contributed by atoms with Gasteiger partial charge in [0, 0.05) is 13.0 Å². The maximum Gasteiger partial charge on any atom is 0.334 e. The van der Waals surface area contributed by atoms with Crippen LogP contribution in [-0.4, -0.2) is 65.8 Å². The molecule has 0 unspecified atom stereocenters. The average molecular weight is 389 g/mol. The standard InChI is InChI=1S/C19H23N3O6/c1-12(2)10-21-16(24)17(25)22(19(21)27)11-15(23)20-14(18(26)28-3)9-13-7-5-4-6-8-13/h4-8,12,14H,9-11H2,1-3H3,(H,20,23)/t14-/m0/s1. The molecule has 0 bridgehead atoms. The molecule has 0 aromatic heterocycles. The predicted octanol–water partition coefficient (Wildman–Crippen LogP) is 0.334. The molecule has 28 heavy (non-hydrogen) atoms. The second-order valence-corrected chi connectivity index (χ2v) is 6.82. The molecular formula is C19H23N3O6. The van der Waals surface area contributed by atoms with Gasteiger partial charge in [0.15, 0.2) is 0 Å². The Morgan fingerprint density at radius 1 is 1.04 bits per heavy atom.